The molecular formula is C13H19N3O2S. The first-order chi connectivity index (χ1) is 9.02. The fourth-order valence-corrected chi connectivity index (χ4v) is 2.99. The Morgan fingerprint density at radius 2 is 2.32 bits per heavy atom. The number of hydrogen-bond acceptors (Lipinski definition) is 4. The van der Waals surface area contributed by atoms with E-state index in [9.17, 15) is 9.90 Å². The molecule has 0 fully saturated rings. The van der Waals surface area contributed by atoms with E-state index in [1.54, 1.807) is 24.3 Å². The van der Waals surface area contributed by atoms with Gasteiger partial charge in [-0.15, -0.1) is 0 Å². The highest BCUT2D eigenvalue weighted by atomic mass is 32.1. The van der Waals surface area contributed by atoms with Crippen LogP contribution >= 0.6 is 11.3 Å². The summed E-state index contributed by atoms with van der Waals surface area (Å²) < 4.78 is 1.84. The van der Waals surface area contributed by atoms with Crippen LogP contribution in [-0.2, 0) is 0 Å². The lowest BCUT2D eigenvalue weighted by Crippen LogP contribution is -2.40. The normalized spacial score (nSPS) is 13.1. The number of nitrogens with zero attached hydrogens (tertiary/aromatic N) is 3. The minimum Gasteiger partial charge on any atom is -0.394 e. The van der Waals surface area contributed by atoms with E-state index in [1.165, 1.54) is 11.3 Å². The summed E-state index contributed by atoms with van der Waals surface area (Å²) in [6.07, 6.45) is 6.11. The zero-order valence-corrected chi connectivity index (χ0v) is 12.2. The van der Waals surface area contributed by atoms with Crippen molar-refractivity contribution in [3.63, 3.8) is 0 Å². The molecule has 19 heavy (non-hydrogen) atoms. The molecule has 0 spiro atoms. The van der Waals surface area contributed by atoms with Crippen LogP contribution < -0.4 is 0 Å². The van der Waals surface area contributed by atoms with Gasteiger partial charge < -0.3 is 10.0 Å². The topological polar surface area (TPSA) is 57.8 Å². The number of aliphatic hydroxyl groups excluding tert-OH is 1. The van der Waals surface area contributed by atoms with E-state index < -0.39 is 0 Å². The summed E-state index contributed by atoms with van der Waals surface area (Å²) in [7, 11) is 1.74. The number of hydrogen-bond donors (Lipinski definition) is 1. The number of likely N-dealkylation sites (N-methyl/N-ethyl adjacent to an activating group) is 1. The number of aliphatic hydroxyl groups is 1. The molecule has 1 unspecified atom stereocenters. The van der Waals surface area contributed by atoms with Crippen LogP contribution in [0.2, 0.25) is 0 Å². The van der Waals surface area contributed by atoms with Gasteiger partial charge in [0.1, 0.15) is 4.88 Å². The molecule has 0 saturated heterocycles. The molecule has 6 heteroatoms. The molecular weight excluding hydrogens is 262 g/mol. The molecule has 0 aliphatic carbocycles. The molecule has 2 aromatic heterocycles. The molecule has 1 amide bonds. The van der Waals surface area contributed by atoms with E-state index in [0.29, 0.717) is 10.8 Å². The first-order valence-electron chi connectivity index (χ1n) is 6.33. The summed E-state index contributed by atoms with van der Waals surface area (Å²) in [5.74, 6) is 0.378. The van der Waals surface area contributed by atoms with Crippen molar-refractivity contribution >= 4 is 22.2 Å². The molecule has 0 aliphatic rings. The summed E-state index contributed by atoms with van der Waals surface area (Å²) in [5.41, 5.74) is 0. The second-order valence-corrected chi connectivity index (χ2v) is 6.10. The molecule has 0 radical (unpaired) electrons. The van der Waals surface area contributed by atoms with Gasteiger partial charge in [0.25, 0.3) is 5.91 Å². The Balaban J connectivity index is 2.15. The summed E-state index contributed by atoms with van der Waals surface area (Å²) in [6, 6.07) is -0.137. The molecule has 2 aromatic rings. The first-order valence-corrected chi connectivity index (χ1v) is 7.15. The molecule has 2 rings (SSSR count). The van der Waals surface area contributed by atoms with Crippen molar-refractivity contribution in [2.24, 2.45) is 5.92 Å². The number of amides is 1. The Bertz CT molecular complexity index is 532. The minimum absolute atomic E-state index is 0.0110. The van der Waals surface area contributed by atoms with E-state index in [-0.39, 0.29) is 18.6 Å². The first kappa shape index (κ1) is 14.0. The number of thiazole rings is 1. The lowest BCUT2D eigenvalue weighted by Gasteiger charge is -2.27. The Labute approximate surface area is 116 Å². The average molecular weight is 281 g/mol. The summed E-state index contributed by atoms with van der Waals surface area (Å²) >= 11 is 1.37. The highest BCUT2D eigenvalue weighted by Gasteiger charge is 2.23. The van der Waals surface area contributed by atoms with E-state index in [0.717, 1.165) is 11.4 Å². The van der Waals surface area contributed by atoms with Crippen LogP contribution in [0.4, 0.5) is 0 Å². The van der Waals surface area contributed by atoms with Crippen LogP contribution in [0, 0.1) is 5.92 Å². The third-order valence-corrected chi connectivity index (χ3v) is 4.12. The molecule has 1 atom stereocenters. The lowest BCUT2D eigenvalue weighted by atomic mass is 10.0. The van der Waals surface area contributed by atoms with Crippen molar-refractivity contribution in [2.75, 3.05) is 13.7 Å². The minimum atomic E-state index is -0.137. The molecule has 0 aliphatic heterocycles. The Kier molecular flexibility index (Phi) is 4.21. The van der Waals surface area contributed by atoms with Crippen LogP contribution in [-0.4, -0.2) is 45.0 Å². The smallest absolute Gasteiger partial charge is 0.265 e. The number of carbonyl (C=O) groups excluding carboxylic acids is 1. The molecule has 0 bridgehead atoms. The van der Waals surface area contributed by atoms with Crippen molar-refractivity contribution < 1.29 is 9.90 Å². The van der Waals surface area contributed by atoms with Crippen molar-refractivity contribution in [3.8, 4) is 0 Å². The third-order valence-electron chi connectivity index (χ3n) is 3.12. The number of aromatic nitrogens is 2. The number of fused-ring (bicyclic) bond motifs is 1. The fraction of sp³-hybridized carbons (Fsp3) is 0.538. The van der Waals surface area contributed by atoms with Crippen molar-refractivity contribution in [3.05, 3.63) is 23.5 Å². The van der Waals surface area contributed by atoms with E-state index >= 15 is 0 Å². The second-order valence-electron chi connectivity index (χ2n) is 5.09. The number of rotatable bonds is 5. The van der Waals surface area contributed by atoms with E-state index in [4.69, 9.17) is 0 Å². The summed E-state index contributed by atoms with van der Waals surface area (Å²) in [6.45, 7) is 4.16. The largest absolute Gasteiger partial charge is 0.394 e. The van der Waals surface area contributed by atoms with Crippen LogP contribution in [0.15, 0.2) is 18.6 Å². The number of imidazole rings is 1. The maximum absolute atomic E-state index is 12.4. The van der Waals surface area contributed by atoms with Crippen LogP contribution in [0.3, 0.4) is 0 Å². The van der Waals surface area contributed by atoms with Crippen molar-refractivity contribution in [2.45, 2.75) is 26.3 Å². The van der Waals surface area contributed by atoms with Gasteiger partial charge in [0.05, 0.1) is 12.6 Å². The maximum Gasteiger partial charge on any atom is 0.265 e. The van der Waals surface area contributed by atoms with Crippen LogP contribution in [0.5, 0.6) is 0 Å². The van der Waals surface area contributed by atoms with E-state index in [1.807, 2.05) is 10.6 Å². The summed E-state index contributed by atoms with van der Waals surface area (Å²) in [5, 5.41) is 9.43. The van der Waals surface area contributed by atoms with Crippen molar-refractivity contribution in [1.29, 1.82) is 0 Å². The fourth-order valence-electron chi connectivity index (χ4n) is 2.07. The second kappa shape index (κ2) is 5.71. The average Bonchev–Trinajstić information content (AvgIpc) is 2.94. The molecule has 0 aromatic carbocycles. The predicted molar refractivity (Wildman–Crippen MR) is 75.5 cm³/mol. The van der Waals surface area contributed by atoms with Gasteiger partial charge >= 0.3 is 0 Å². The van der Waals surface area contributed by atoms with Gasteiger partial charge in [0.2, 0.25) is 0 Å². The van der Waals surface area contributed by atoms with Crippen molar-refractivity contribution in [1.82, 2.24) is 14.3 Å². The standard InChI is InChI=1S/C13H19N3O2S/c1-9(2)6-10(8-17)15(3)12(18)11-7-16-5-4-14-13(16)19-11/h4-5,7,9-10,17H,6,8H2,1-3H3. The molecule has 0 saturated carbocycles. The SMILES string of the molecule is CC(C)CC(CO)N(C)C(=O)c1cn2ccnc2s1. The Morgan fingerprint density at radius 3 is 2.89 bits per heavy atom. The van der Waals surface area contributed by atoms with Crippen LogP contribution in [0.25, 0.3) is 4.96 Å². The Hall–Kier alpha value is -1.40. The third kappa shape index (κ3) is 2.96. The van der Waals surface area contributed by atoms with E-state index in [2.05, 4.69) is 18.8 Å². The zero-order valence-electron chi connectivity index (χ0n) is 11.4. The zero-order chi connectivity index (χ0) is 14.0. The predicted octanol–water partition coefficient (Wildman–Crippen LogP) is 1.87. The summed E-state index contributed by atoms with van der Waals surface area (Å²) in [4.78, 5) is 19.6. The quantitative estimate of drug-likeness (QED) is 0.910. The van der Waals surface area contributed by atoms with Crippen LogP contribution in [0.1, 0.15) is 29.9 Å². The van der Waals surface area contributed by atoms with Gasteiger partial charge in [-0.2, -0.15) is 0 Å². The Morgan fingerprint density at radius 1 is 1.58 bits per heavy atom. The van der Waals surface area contributed by atoms with Gasteiger partial charge in [0, 0.05) is 25.6 Å². The molecule has 2 heterocycles. The monoisotopic (exact) mass is 281 g/mol. The maximum atomic E-state index is 12.4. The van der Waals surface area contributed by atoms with Gasteiger partial charge in [-0.25, -0.2) is 4.98 Å². The molecule has 104 valence electrons. The van der Waals surface area contributed by atoms with Gasteiger partial charge in [0.15, 0.2) is 4.96 Å². The highest BCUT2D eigenvalue weighted by molar-refractivity contribution is 7.18. The highest BCUT2D eigenvalue weighted by Crippen LogP contribution is 2.20. The van der Waals surface area contributed by atoms with Gasteiger partial charge in [-0.3, -0.25) is 9.20 Å². The van der Waals surface area contributed by atoms with Gasteiger partial charge in [-0.1, -0.05) is 25.2 Å². The molecule has 1 N–H and O–H groups in total. The lowest BCUT2D eigenvalue weighted by molar-refractivity contribution is 0.0634. The number of carbonyl (C=O) groups is 1. The molecule has 5 nitrogen and oxygen atoms in total. The van der Waals surface area contributed by atoms with Gasteiger partial charge in [-0.05, 0) is 12.3 Å².